The molecule has 1 aliphatic rings. The average Bonchev–Trinajstić information content (AvgIpc) is 2.39. The van der Waals surface area contributed by atoms with E-state index >= 15 is 0 Å². The fourth-order valence-electron chi connectivity index (χ4n) is 2.87. The highest BCUT2D eigenvalue weighted by Crippen LogP contribution is 2.26. The van der Waals surface area contributed by atoms with E-state index < -0.39 is 0 Å². The summed E-state index contributed by atoms with van der Waals surface area (Å²) in [6.45, 7) is 2.86. The van der Waals surface area contributed by atoms with Gasteiger partial charge in [0.15, 0.2) is 5.78 Å². The summed E-state index contributed by atoms with van der Waals surface area (Å²) in [4.78, 5) is 14.4. The Morgan fingerprint density at radius 2 is 2.00 bits per heavy atom. The van der Waals surface area contributed by atoms with Crippen LogP contribution in [0, 0.1) is 5.92 Å². The second-order valence-electron chi connectivity index (χ2n) is 5.63. The minimum Gasteiger partial charge on any atom is -0.296 e. The number of hydrogen-bond donors (Lipinski definition) is 0. The van der Waals surface area contributed by atoms with Crippen LogP contribution in [0.3, 0.4) is 0 Å². The molecule has 2 rings (SSSR count). The van der Waals surface area contributed by atoms with Gasteiger partial charge in [-0.15, -0.1) is 0 Å². The maximum absolute atomic E-state index is 12.1. The van der Waals surface area contributed by atoms with E-state index in [-0.39, 0.29) is 5.78 Å². The van der Waals surface area contributed by atoms with Crippen LogP contribution in [0.5, 0.6) is 0 Å². The third-order valence-electron chi connectivity index (χ3n) is 4.02. The van der Waals surface area contributed by atoms with E-state index in [4.69, 9.17) is 0 Å². The Morgan fingerprint density at radius 1 is 1.28 bits per heavy atom. The first kappa shape index (κ1) is 13.3. The summed E-state index contributed by atoms with van der Waals surface area (Å²) in [5.41, 5.74) is 0.827. The molecular weight excluding hydrogens is 222 g/mol. The van der Waals surface area contributed by atoms with Crippen molar-refractivity contribution in [2.75, 3.05) is 13.6 Å². The summed E-state index contributed by atoms with van der Waals surface area (Å²) in [5, 5.41) is 0. The number of rotatable bonds is 4. The molecule has 1 saturated carbocycles. The fourth-order valence-corrected chi connectivity index (χ4v) is 2.87. The third-order valence-corrected chi connectivity index (χ3v) is 4.02. The van der Waals surface area contributed by atoms with Crippen LogP contribution >= 0.6 is 0 Å². The molecule has 2 heteroatoms. The molecule has 2 atom stereocenters. The van der Waals surface area contributed by atoms with Crippen molar-refractivity contribution in [3.05, 3.63) is 35.9 Å². The number of ketones is 1. The molecule has 0 aliphatic heterocycles. The minimum absolute atomic E-state index is 0.233. The second kappa shape index (κ2) is 6.14. The van der Waals surface area contributed by atoms with Crippen molar-refractivity contribution in [2.24, 2.45) is 5.92 Å². The Hall–Kier alpha value is -1.15. The minimum atomic E-state index is 0.233. The van der Waals surface area contributed by atoms with Gasteiger partial charge in [0, 0.05) is 11.6 Å². The van der Waals surface area contributed by atoms with Gasteiger partial charge in [-0.2, -0.15) is 0 Å². The third kappa shape index (κ3) is 3.42. The van der Waals surface area contributed by atoms with Gasteiger partial charge in [0.25, 0.3) is 0 Å². The zero-order valence-corrected chi connectivity index (χ0v) is 11.4. The summed E-state index contributed by atoms with van der Waals surface area (Å²) >= 11 is 0. The smallest absolute Gasteiger partial charge is 0.176 e. The number of carbonyl (C=O) groups excluding carboxylic acids is 1. The van der Waals surface area contributed by atoms with E-state index in [1.54, 1.807) is 0 Å². The van der Waals surface area contributed by atoms with Gasteiger partial charge in [-0.25, -0.2) is 0 Å². The molecular formula is C16H23NO. The number of benzene rings is 1. The van der Waals surface area contributed by atoms with Crippen molar-refractivity contribution < 1.29 is 4.79 Å². The molecule has 0 amide bonds. The molecule has 0 aromatic heterocycles. The predicted molar refractivity (Wildman–Crippen MR) is 74.8 cm³/mol. The lowest BCUT2D eigenvalue weighted by atomic mass is 9.86. The van der Waals surface area contributed by atoms with Gasteiger partial charge in [-0.3, -0.25) is 9.69 Å². The van der Waals surface area contributed by atoms with Gasteiger partial charge in [-0.1, -0.05) is 50.1 Å². The standard InChI is InChI=1S/C16H23NO/c1-13-7-6-10-15(11-13)17(2)12-16(18)14-8-4-3-5-9-14/h3-5,8-9,13,15H,6-7,10-12H2,1-2H3. The quantitative estimate of drug-likeness (QED) is 0.758. The molecule has 1 fully saturated rings. The number of Topliss-reactive ketones (excluding diaryl/α,β-unsaturated/α-hetero) is 1. The first-order chi connectivity index (χ1) is 8.66. The Morgan fingerprint density at radius 3 is 2.67 bits per heavy atom. The predicted octanol–water partition coefficient (Wildman–Crippen LogP) is 3.38. The maximum Gasteiger partial charge on any atom is 0.176 e. The Labute approximate surface area is 110 Å². The molecule has 0 bridgehead atoms. The van der Waals surface area contributed by atoms with Gasteiger partial charge in [-0.05, 0) is 25.8 Å². The van der Waals surface area contributed by atoms with E-state index in [2.05, 4.69) is 18.9 Å². The van der Waals surface area contributed by atoms with E-state index in [1.165, 1.54) is 25.7 Å². The lowest BCUT2D eigenvalue weighted by Gasteiger charge is -2.33. The largest absolute Gasteiger partial charge is 0.296 e. The second-order valence-corrected chi connectivity index (χ2v) is 5.63. The number of likely N-dealkylation sites (N-methyl/N-ethyl adjacent to an activating group) is 1. The Balaban J connectivity index is 1.91. The van der Waals surface area contributed by atoms with Gasteiger partial charge < -0.3 is 0 Å². The zero-order valence-electron chi connectivity index (χ0n) is 11.4. The van der Waals surface area contributed by atoms with Crippen LogP contribution in [0.2, 0.25) is 0 Å². The van der Waals surface area contributed by atoms with Crippen molar-refractivity contribution in [3.63, 3.8) is 0 Å². The lowest BCUT2D eigenvalue weighted by Crippen LogP contribution is -2.38. The molecule has 18 heavy (non-hydrogen) atoms. The molecule has 98 valence electrons. The van der Waals surface area contributed by atoms with Gasteiger partial charge in [0.05, 0.1) is 6.54 Å². The van der Waals surface area contributed by atoms with Gasteiger partial charge >= 0.3 is 0 Å². The van der Waals surface area contributed by atoms with Gasteiger partial charge in [0.1, 0.15) is 0 Å². The van der Waals surface area contributed by atoms with E-state index in [0.29, 0.717) is 12.6 Å². The van der Waals surface area contributed by atoms with Crippen LogP contribution in [-0.4, -0.2) is 30.3 Å². The van der Waals surface area contributed by atoms with E-state index in [0.717, 1.165) is 11.5 Å². The SMILES string of the molecule is CC1CCCC(N(C)CC(=O)c2ccccc2)C1. The lowest BCUT2D eigenvalue weighted by molar-refractivity contribution is 0.0882. The first-order valence-electron chi connectivity index (χ1n) is 6.95. The molecule has 0 saturated heterocycles. The molecule has 1 aromatic carbocycles. The van der Waals surface area contributed by atoms with Crippen LogP contribution in [-0.2, 0) is 0 Å². The highest BCUT2D eigenvalue weighted by Gasteiger charge is 2.23. The molecule has 0 heterocycles. The van der Waals surface area contributed by atoms with Crippen LogP contribution < -0.4 is 0 Å². The summed E-state index contributed by atoms with van der Waals surface area (Å²) in [6.07, 6.45) is 5.12. The molecule has 0 N–H and O–H groups in total. The number of carbonyl (C=O) groups is 1. The number of hydrogen-bond acceptors (Lipinski definition) is 2. The normalized spacial score (nSPS) is 24.2. The maximum atomic E-state index is 12.1. The summed E-state index contributed by atoms with van der Waals surface area (Å²) < 4.78 is 0. The van der Waals surface area contributed by atoms with E-state index in [1.807, 2.05) is 30.3 Å². The molecule has 0 spiro atoms. The summed E-state index contributed by atoms with van der Waals surface area (Å²) in [6, 6.07) is 10.2. The monoisotopic (exact) mass is 245 g/mol. The average molecular weight is 245 g/mol. The van der Waals surface area contributed by atoms with Crippen LogP contribution in [0.1, 0.15) is 43.0 Å². The molecule has 1 aromatic rings. The summed E-state index contributed by atoms with van der Waals surface area (Å²) in [7, 11) is 2.09. The Kier molecular flexibility index (Phi) is 4.54. The van der Waals surface area contributed by atoms with Gasteiger partial charge in [0.2, 0.25) is 0 Å². The summed E-state index contributed by atoms with van der Waals surface area (Å²) in [5.74, 6) is 1.04. The molecule has 0 radical (unpaired) electrons. The van der Waals surface area contributed by atoms with Crippen molar-refractivity contribution in [2.45, 2.75) is 38.6 Å². The molecule has 2 unspecified atom stereocenters. The first-order valence-corrected chi connectivity index (χ1v) is 6.95. The fraction of sp³-hybridized carbons (Fsp3) is 0.562. The van der Waals surface area contributed by atoms with Crippen LogP contribution in [0.4, 0.5) is 0 Å². The number of nitrogens with zero attached hydrogens (tertiary/aromatic N) is 1. The Bertz CT molecular complexity index is 387. The van der Waals surface area contributed by atoms with Crippen molar-refractivity contribution in [3.8, 4) is 0 Å². The zero-order chi connectivity index (χ0) is 13.0. The molecule has 2 nitrogen and oxygen atoms in total. The van der Waals surface area contributed by atoms with Crippen LogP contribution in [0.15, 0.2) is 30.3 Å². The van der Waals surface area contributed by atoms with E-state index in [9.17, 15) is 4.79 Å². The highest BCUT2D eigenvalue weighted by molar-refractivity contribution is 5.97. The highest BCUT2D eigenvalue weighted by atomic mass is 16.1. The van der Waals surface area contributed by atoms with Crippen LogP contribution in [0.25, 0.3) is 0 Å². The topological polar surface area (TPSA) is 20.3 Å². The molecule has 1 aliphatic carbocycles. The van der Waals surface area contributed by atoms with Crippen molar-refractivity contribution in [1.82, 2.24) is 4.90 Å². The van der Waals surface area contributed by atoms with Crippen molar-refractivity contribution >= 4 is 5.78 Å². The van der Waals surface area contributed by atoms with Crippen molar-refractivity contribution in [1.29, 1.82) is 0 Å².